The number of nitrogens with zero attached hydrogens (tertiary/aromatic N) is 1. The van der Waals surface area contributed by atoms with E-state index in [1.165, 1.54) is 0 Å². The second-order valence-corrected chi connectivity index (χ2v) is 8.10. The largest absolute Gasteiger partial charge is 0.351 e. The average molecular weight is 396 g/mol. The Morgan fingerprint density at radius 1 is 1.21 bits per heavy atom. The van der Waals surface area contributed by atoms with E-state index in [4.69, 9.17) is 4.74 Å². The van der Waals surface area contributed by atoms with Gasteiger partial charge in [-0.3, -0.25) is 4.79 Å². The van der Waals surface area contributed by atoms with Gasteiger partial charge in [0.1, 0.15) is 0 Å². The number of nitrogens with one attached hydrogen (secondary N) is 3. The van der Waals surface area contributed by atoms with Crippen molar-refractivity contribution in [1.29, 1.82) is 0 Å². The van der Waals surface area contributed by atoms with E-state index >= 15 is 0 Å². The number of hydrogen-bond acceptors (Lipinski definition) is 5. The van der Waals surface area contributed by atoms with E-state index in [1.54, 1.807) is 35.2 Å². The van der Waals surface area contributed by atoms with Crippen LogP contribution in [0.1, 0.15) is 36.7 Å². The van der Waals surface area contributed by atoms with Crippen LogP contribution in [0.3, 0.4) is 0 Å². The quantitative estimate of drug-likeness (QED) is 0.507. The number of carbonyl (C=O) groups is 1. The summed E-state index contributed by atoms with van der Waals surface area (Å²) >= 11 is 0. The van der Waals surface area contributed by atoms with Gasteiger partial charge in [0.2, 0.25) is 6.41 Å². The molecule has 0 saturated carbocycles. The minimum atomic E-state index is -1.08. The summed E-state index contributed by atoms with van der Waals surface area (Å²) in [4.78, 5) is 31.4. The lowest BCUT2D eigenvalue weighted by Crippen LogP contribution is -2.41. The molecule has 8 nitrogen and oxygen atoms in total. The number of rotatable bonds is 4. The molecule has 4 rings (SSSR count). The van der Waals surface area contributed by atoms with E-state index in [2.05, 4.69) is 15.3 Å². The lowest BCUT2D eigenvalue weighted by molar-refractivity contribution is -0.164. The van der Waals surface area contributed by atoms with Crippen molar-refractivity contribution in [2.75, 3.05) is 16.8 Å². The Hall–Kier alpha value is -3.10. The highest BCUT2D eigenvalue weighted by atomic mass is 16.6. The zero-order valence-electron chi connectivity index (χ0n) is 16.6. The van der Waals surface area contributed by atoms with E-state index in [9.17, 15) is 14.7 Å². The molecule has 1 aliphatic heterocycles. The molecule has 2 heterocycles. The zero-order chi connectivity index (χ0) is 20.8. The Morgan fingerprint density at radius 2 is 1.97 bits per heavy atom. The molecule has 2 aromatic carbocycles. The topological polar surface area (TPSA) is 110 Å². The summed E-state index contributed by atoms with van der Waals surface area (Å²) < 4.78 is 5.67. The maximum Gasteiger partial charge on any atom is 0.323 e. The van der Waals surface area contributed by atoms with E-state index in [-0.39, 0.29) is 11.6 Å². The number of aromatic nitrogens is 2. The Kier molecular flexibility index (Phi) is 4.68. The van der Waals surface area contributed by atoms with Gasteiger partial charge in [0.15, 0.2) is 0 Å². The summed E-state index contributed by atoms with van der Waals surface area (Å²) in [6.45, 7) is 6.20. The second kappa shape index (κ2) is 7.06. The van der Waals surface area contributed by atoms with Crippen LogP contribution in [-0.4, -0.2) is 39.5 Å². The van der Waals surface area contributed by atoms with Crippen molar-refractivity contribution in [2.45, 2.75) is 39.2 Å². The molecule has 1 atom stereocenters. The maximum atomic E-state index is 12.9. The first-order valence-corrected chi connectivity index (χ1v) is 9.49. The van der Waals surface area contributed by atoms with Gasteiger partial charge in [-0.1, -0.05) is 6.07 Å². The van der Waals surface area contributed by atoms with Gasteiger partial charge in [0.25, 0.3) is 5.91 Å². The van der Waals surface area contributed by atoms with Crippen LogP contribution in [0.5, 0.6) is 0 Å². The predicted molar refractivity (Wildman–Crippen MR) is 111 cm³/mol. The molecule has 0 bridgehead atoms. The van der Waals surface area contributed by atoms with Gasteiger partial charge in [-0.2, -0.15) is 0 Å². The fraction of sp³-hybridized carbons (Fsp3) is 0.333. The number of fused-ring (bicyclic) bond motifs is 2. The first-order chi connectivity index (χ1) is 13.7. The number of benzene rings is 2. The Morgan fingerprint density at radius 3 is 2.72 bits per heavy atom. The monoisotopic (exact) mass is 396 g/mol. The summed E-state index contributed by atoms with van der Waals surface area (Å²) in [5.74, 6) is -0.243. The molecule has 8 heteroatoms. The number of ether oxygens (including phenoxy) is 1. The van der Waals surface area contributed by atoms with Crippen molar-refractivity contribution >= 4 is 28.3 Å². The molecular weight excluding hydrogens is 372 g/mol. The van der Waals surface area contributed by atoms with Crippen molar-refractivity contribution in [3.05, 3.63) is 58.0 Å². The highest BCUT2D eigenvalue weighted by Crippen LogP contribution is 2.33. The van der Waals surface area contributed by atoms with Crippen LogP contribution in [0.15, 0.2) is 41.2 Å². The van der Waals surface area contributed by atoms with Gasteiger partial charge >= 0.3 is 5.69 Å². The third-order valence-corrected chi connectivity index (χ3v) is 4.81. The SMILES string of the molecule is CC(C)(C)OC(O)N1CCc2c(C(=O)Nc3ccc4[nH]c(=O)[nH]c4c3)cccc21. The molecule has 0 saturated heterocycles. The van der Waals surface area contributed by atoms with Crippen LogP contribution in [0.4, 0.5) is 11.4 Å². The highest BCUT2D eigenvalue weighted by Gasteiger charge is 2.30. The van der Waals surface area contributed by atoms with Crippen LogP contribution < -0.4 is 15.9 Å². The van der Waals surface area contributed by atoms with Crippen LogP contribution >= 0.6 is 0 Å². The number of anilines is 2. The van der Waals surface area contributed by atoms with Crippen molar-refractivity contribution in [1.82, 2.24) is 9.97 Å². The molecule has 0 spiro atoms. The molecule has 0 aliphatic carbocycles. The minimum Gasteiger partial charge on any atom is -0.351 e. The Bertz CT molecular complexity index is 1130. The van der Waals surface area contributed by atoms with E-state index in [0.29, 0.717) is 35.2 Å². The third kappa shape index (κ3) is 3.90. The molecule has 4 N–H and O–H groups in total. The molecule has 1 unspecified atom stereocenters. The third-order valence-electron chi connectivity index (χ3n) is 4.81. The van der Waals surface area contributed by atoms with Crippen molar-refractivity contribution in [3.8, 4) is 0 Å². The summed E-state index contributed by atoms with van der Waals surface area (Å²) in [6.07, 6.45) is -0.449. The summed E-state index contributed by atoms with van der Waals surface area (Å²) in [6, 6.07) is 10.6. The number of aliphatic hydroxyl groups excluding tert-OH is 1. The predicted octanol–water partition coefficient (Wildman–Crippen LogP) is 2.56. The normalized spacial score (nSPS) is 14.8. The van der Waals surface area contributed by atoms with Gasteiger partial charge in [0.05, 0.1) is 16.6 Å². The molecule has 1 aliphatic rings. The fourth-order valence-electron chi connectivity index (χ4n) is 3.59. The number of amides is 1. The fourth-order valence-corrected chi connectivity index (χ4v) is 3.59. The van der Waals surface area contributed by atoms with E-state index < -0.39 is 12.0 Å². The van der Waals surface area contributed by atoms with Crippen molar-refractivity contribution in [2.24, 2.45) is 0 Å². The lowest BCUT2D eigenvalue weighted by Gasteiger charge is -2.31. The summed E-state index contributed by atoms with van der Waals surface area (Å²) in [7, 11) is 0. The van der Waals surface area contributed by atoms with Gasteiger partial charge < -0.3 is 30.0 Å². The Labute approximate surface area is 167 Å². The summed E-state index contributed by atoms with van der Waals surface area (Å²) in [5.41, 5.74) is 3.32. The van der Waals surface area contributed by atoms with E-state index in [1.807, 2.05) is 26.8 Å². The molecule has 1 aromatic heterocycles. The molecule has 0 fully saturated rings. The van der Waals surface area contributed by atoms with Gasteiger partial charge in [-0.05, 0) is 63.1 Å². The van der Waals surface area contributed by atoms with Crippen molar-refractivity contribution < 1.29 is 14.6 Å². The number of aromatic amines is 2. The first kappa shape index (κ1) is 19.2. The van der Waals surface area contributed by atoms with Crippen LogP contribution in [0, 0.1) is 0 Å². The van der Waals surface area contributed by atoms with E-state index in [0.717, 1.165) is 11.3 Å². The molecule has 29 heavy (non-hydrogen) atoms. The standard InChI is InChI=1S/C21H24N4O4/c1-21(2,3)29-20(28)25-10-9-13-14(5-4-6-17(13)25)18(26)22-12-7-8-15-16(11-12)24-19(27)23-15/h4-8,11,20,28H,9-10H2,1-3H3,(H,22,26)(H2,23,24,27). The minimum absolute atomic E-state index is 0.243. The van der Waals surface area contributed by atoms with Gasteiger partial charge in [-0.25, -0.2) is 4.79 Å². The number of imidazole rings is 1. The van der Waals surface area contributed by atoms with Gasteiger partial charge in [0, 0.05) is 23.5 Å². The van der Waals surface area contributed by atoms with Crippen LogP contribution in [0.25, 0.3) is 11.0 Å². The van der Waals surface area contributed by atoms with Gasteiger partial charge in [-0.15, -0.1) is 0 Å². The second-order valence-electron chi connectivity index (χ2n) is 8.10. The molecule has 1 amide bonds. The number of H-pyrrole nitrogens is 2. The summed E-state index contributed by atoms with van der Waals surface area (Å²) in [5, 5.41) is 13.4. The highest BCUT2D eigenvalue weighted by molar-refractivity contribution is 6.07. The number of carbonyl (C=O) groups excluding carboxylic acids is 1. The average Bonchev–Trinajstić information content (AvgIpc) is 3.22. The number of aliphatic hydroxyl groups is 1. The smallest absolute Gasteiger partial charge is 0.323 e. The lowest BCUT2D eigenvalue weighted by atomic mass is 10.0. The number of hydrogen-bond donors (Lipinski definition) is 4. The van der Waals surface area contributed by atoms with Crippen LogP contribution in [-0.2, 0) is 11.2 Å². The molecule has 3 aromatic rings. The zero-order valence-corrected chi connectivity index (χ0v) is 16.6. The molecular formula is C21H24N4O4. The molecule has 152 valence electrons. The Balaban J connectivity index is 1.57. The maximum absolute atomic E-state index is 12.9. The molecule has 0 radical (unpaired) electrons. The van der Waals surface area contributed by atoms with Crippen LogP contribution in [0.2, 0.25) is 0 Å². The first-order valence-electron chi connectivity index (χ1n) is 9.49. The van der Waals surface area contributed by atoms with Crippen molar-refractivity contribution in [3.63, 3.8) is 0 Å².